The minimum absolute atomic E-state index is 0.734. The molecule has 0 aliphatic heterocycles. The summed E-state index contributed by atoms with van der Waals surface area (Å²) in [6, 6.07) is 19.5. The van der Waals surface area contributed by atoms with Crippen LogP contribution in [0.15, 0.2) is 71.0 Å². The molecule has 2 aromatic carbocycles. The summed E-state index contributed by atoms with van der Waals surface area (Å²) in [5, 5.41) is 25.2. The smallest absolute Gasteiger partial charge is 0.0867 e. The first-order valence-electron chi connectivity index (χ1n) is 8.38. The van der Waals surface area contributed by atoms with E-state index in [0.29, 0.717) is 0 Å². The summed E-state index contributed by atoms with van der Waals surface area (Å²) in [5.41, 5.74) is 3.41. The lowest BCUT2D eigenvalue weighted by Gasteiger charge is -2.06. The molecule has 0 fully saturated rings. The van der Waals surface area contributed by atoms with Crippen LogP contribution in [0.2, 0.25) is 0 Å². The standard InChI is InChI=1S/C20H24N2O2/c23-21-19(17-11-5-3-6-12-17)15-9-1-2-10-16-20(22-24)18-13-7-4-8-14-18/h3-8,11-14,23-24H,1-2,9-10,15-16H2/b21-19-,22-20-. The molecule has 0 amide bonds. The van der Waals surface area contributed by atoms with Gasteiger partial charge in [0.15, 0.2) is 0 Å². The van der Waals surface area contributed by atoms with Crippen LogP contribution in [0.5, 0.6) is 0 Å². The molecule has 126 valence electrons. The molecule has 0 aliphatic carbocycles. The Bertz CT molecular complexity index is 592. The second-order valence-electron chi connectivity index (χ2n) is 5.74. The number of hydrogen-bond donors (Lipinski definition) is 2. The van der Waals surface area contributed by atoms with Crippen LogP contribution in [-0.2, 0) is 0 Å². The van der Waals surface area contributed by atoms with Gasteiger partial charge in [-0.25, -0.2) is 0 Å². The van der Waals surface area contributed by atoms with E-state index in [1.165, 1.54) is 0 Å². The predicted octanol–water partition coefficient (Wildman–Crippen LogP) is 5.08. The average molecular weight is 324 g/mol. The largest absolute Gasteiger partial charge is 0.411 e. The van der Waals surface area contributed by atoms with Crippen molar-refractivity contribution in [3.63, 3.8) is 0 Å². The highest BCUT2D eigenvalue weighted by molar-refractivity contribution is 6.00. The zero-order valence-corrected chi connectivity index (χ0v) is 13.8. The normalized spacial score (nSPS) is 12.3. The highest BCUT2D eigenvalue weighted by atomic mass is 16.4. The van der Waals surface area contributed by atoms with Gasteiger partial charge in [0, 0.05) is 0 Å². The molecular formula is C20H24N2O2. The third-order valence-corrected chi connectivity index (χ3v) is 4.03. The zero-order valence-electron chi connectivity index (χ0n) is 13.8. The summed E-state index contributed by atoms with van der Waals surface area (Å²) in [7, 11) is 0. The molecule has 0 spiro atoms. The van der Waals surface area contributed by atoms with Crippen LogP contribution in [0.4, 0.5) is 0 Å². The number of unbranched alkanes of at least 4 members (excludes halogenated alkanes) is 3. The quantitative estimate of drug-likeness (QED) is 0.292. The highest BCUT2D eigenvalue weighted by Crippen LogP contribution is 2.13. The molecule has 0 saturated heterocycles. The van der Waals surface area contributed by atoms with Crippen LogP contribution in [0.1, 0.15) is 49.7 Å². The predicted molar refractivity (Wildman–Crippen MR) is 97.2 cm³/mol. The number of hydrogen-bond acceptors (Lipinski definition) is 4. The van der Waals surface area contributed by atoms with E-state index in [4.69, 9.17) is 10.4 Å². The fourth-order valence-corrected chi connectivity index (χ4v) is 2.70. The molecule has 4 nitrogen and oxygen atoms in total. The third-order valence-electron chi connectivity index (χ3n) is 4.03. The zero-order chi connectivity index (χ0) is 17.0. The highest BCUT2D eigenvalue weighted by Gasteiger charge is 2.05. The van der Waals surface area contributed by atoms with Crippen molar-refractivity contribution in [1.82, 2.24) is 0 Å². The number of nitrogens with zero attached hydrogens (tertiary/aromatic N) is 2. The molecule has 0 heterocycles. The van der Waals surface area contributed by atoms with Gasteiger partial charge in [-0.3, -0.25) is 0 Å². The second kappa shape index (κ2) is 10.2. The maximum absolute atomic E-state index is 9.16. The first-order chi connectivity index (χ1) is 11.8. The summed E-state index contributed by atoms with van der Waals surface area (Å²) in [6.07, 6.45) is 5.59. The Morgan fingerprint density at radius 1 is 0.583 bits per heavy atom. The van der Waals surface area contributed by atoms with Gasteiger partial charge in [0.2, 0.25) is 0 Å². The van der Waals surface area contributed by atoms with Gasteiger partial charge < -0.3 is 10.4 Å². The molecule has 0 radical (unpaired) electrons. The lowest BCUT2D eigenvalue weighted by Crippen LogP contribution is -2.02. The van der Waals surface area contributed by atoms with Crippen LogP contribution in [-0.4, -0.2) is 21.8 Å². The average Bonchev–Trinajstić information content (AvgIpc) is 2.66. The molecule has 2 aromatic rings. The van der Waals surface area contributed by atoms with E-state index in [1.54, 1.807) is 0 Å². The van der Waals surface area contributed by atoms with Crippen molar-refractivity contribution in [3.8, 4) is 0 Å². The fourth-order valence-electron chi connectivity index (χ4n) is 2.70. The summed E-state index contributed by atoms with van der Waals surface area (Å²) in [4.78, 5) is 0. The fraction of sp³-hybridized carbons (Fsp3) is 0.300. The van der Waals surface area contributed by atoms with E-state index >= 15 is 0 Å². The van der Waals surface area contributed by atoms with E-state index in [-0.39, 0.29) is 0 Å². The van der Waals surface area contributed by atoms with Crippen LogP contribution in [0.3, 0.4) is 0 Å². The van der Waals surface area contributed by atoms with Gasteiger partial charge in [0.05, 0.1) is 11.4 Å². The summed E-state index contributed by atoms with van der Waals surface area (Å²) >= 11 is 0. The summed E-state index contributed by atoms with van der Waals surface area (Å²) in [5.74, 6) is 0. The van der Waals surface area contributed by atoms with Crippen LogP contribution < -0.4 is 0 Å². The molecule has 0 atom stereocenters. The van der Waals surface area contributed by atoms with Gasteiger partial charge in [-0.1, -0.05) is 83.8 Å². The van der Waals surface area contributed by atoms with Gasteiger partial charge in [-0.15, -0.1) is 0 Å². The molecule has 0 unspecified atom stereocenters. The van der Waals surface area contributed by atoms with Crippen molar-refractivity contribution in [1.29, 1.82) is 0 Å². The van der Waals surface area contributed by atoms with Crippen LogP contribution >= 0.6 is 0 Å². The van der Waals surface area contributed by atoms with Gasteiger partial charge in [-0.2, -0.15) is 0 Å². The lowest BCUT2D eigenvalue weighted by atomic mass is 10.0. The Balaban J connectivity index is 1.68. The van der Waals surface area contributed by atoms with Crippen LogP contribution in [0.25, 0.3) is 0 Å². The van der Waals surface area contributed by atoms with E-state index in [9.17, 15) is 0 Å². The minimum Gasteiger partial charge on any atom is -0.411 e. The maximum atomic E-state index is 9.16. The Morgan fingerprint density at radius 2 is 0.958 bits per heavy atom. The minimum atomic E-state index is 0.734. The monoisotopic (exact) mass is 324 g/mol. The molecule has 0 aromatic heterocycles. The van der Waals surface area contributed by atoms with E-state index < -0.39 is 0 Å². The number of rotatable bonds is 9. The summed E-state index contributed by atoms with van der Waals surface area (Å²) < 4.78 is 0. The molecule has 0 bridgehead atoms. The van der Waals surface area contributed by atoms with Crippen molar-refractivity contribution in [2.45, 2.75) is 38.5 Å². The first-order valence-corrected chi connectivity index (χ1v) is 8.38. The molecular weight excluding hydrogens is 300 g/mol. The molecule has 2 N–H and O–H groups in total. The Labute approximate surface area is 143 Å². The Kier molecular flexibility index (Phi) is 7.54. The van der Waals surface area contributed by atoms with Crippen LogP contribution in [0, 0.1) is 0 Å². The molecule has 0 saturated carbocycles. The number of oxime groups is 2. The first kappa shape index (κ1) is 17.7. The van der Waals surface area contributed by atoms with Crippen molar-refractivity contribution >= 4 is 11.4 Å². The molecule has 24 heavy (non-hydrogen) atoms. The summed E-state index contributed by atoms with van der Waals surface area (Å²) in [6.45, 7) is 0. The van der Waals surface area contributed by atoms with Gasteiger partial charge >= 0.3 is 0 Å². The maximum Gasteiger partial charge on any atom is 0.0867 e. The van der Waals surface area contributed by atoms with E-state index in [0.717, 1.165) is 61.1 Å². The Hall–Kier alpha value is -2.62. The number of benzene rings is 2. The van der Waals surface area contributed by atoms with Crippen molar-refractivity contribution in [2.24, 2.45) is 10.3 Å². The SMILES string of the molecule is O/N=C(/CCCCCC/C(=N/O)c1ccccc1)c1ccccc1. The van der Waals surface area contributed by atoms with Crippen molar-refractivity contribution in [2.75, 3.05) is 0 Å². The second-order valence-corrected chi connectivity index (χ2v) is 5.74. The van der Waals surface area contributed by atoms with Crippen molar-refractivity contribution in [3.05, 3.63) is 71.8 Å². The lowest BCUT2D eigenvalue weighted by molar-refractivity contribution is 0.317. The topological polar surface area (TPSA) is 65.2 Å². The Morgan fingerprint density at radius 3 is 1.29 bits per heavy atom. The van der Waals surface area contributed by atoms with Crippen molar-refractivity contribution < 1.29 is 10.4 Å². The molecule has 4 heteroatoms. The van der Waals surface area contributed by atoms with E-state index in [1.807, 2.05) is 60.7 Å². The molecule has 0 aliphatic rings. The van der Waals surface area contributed by atoms with Gasteiger partial charge in [-0.05, 0) is 36.8 Å². The molecule has 2 rings (SSSR count). The van der Waals surface area contributed by atoms with Gasteiger partial charge in [0.1, 0.15) is 0 Å². The van der Waals surface area contributed by atoms with Gasteiger partial charge in [0.25, 0.3) is 0 Å². The van der Waals surface area contributed by atoms with E-state index in [2.05, 4.69) is 10.3 Å². The third kappa shape index (κ3) is 5.54.